The van der Waals surface area contributed by atoms with E-state index in [0.717, 1.165) is 31.3 Å². The Hall–Kier alpha value is -1.12. The van der Waals surface area contributed by atoms with Crippen molar-refractivity contribution in [1.29, 1.82) is 0 Å². The Labute approximate surface area is 89.5 Å². The number of ether oxygens (including phenoxy) is 1. The summed E-state index contributed by atoms with van der Waals surface area (Å²) in [6.07, 6.45) is 3.56. The van der Waals surface area contributed by atoms with Crippen LogP contribution >= 0.6 is 0 Å². The first-order chi connectivity index (χ1) is 7.19. The molecular formula is C12H16O3. The van der Waals surface area contributed by atoms with Gasteiger partial charge in [-0.2, -0.15) is 0 Å². The molecule has 0 aromatic rings. The van der Waals surface area contributed by atoms with E-state index in [1.54, 1.807) is 0 Å². The summed E-state index contributed by atoms with van der Waals surface area (Å²) < 4.78 is 4.72. The monoisotopic (exact) mass is 208 g/mol. The van der Waals surface area contributed by atoms with Crippen molar-refractivity contribution in [2.45, 2.75) is 39.5 Å². The highest BCUT2D eigenvalue weighted by Crippen LogP contribution is 2.42. The smallest absolute Gasteiger partial charge is 0.321 e. The fourth-order valence-corrected chi connectivity index (χ4v) is 2.79. The Morgan fingerprint density at radius 2 is 1.93 bits per heavy atom. The van der Waals surface area contributed by atoms with Gasteiger partial charge in [0.05, 0.1) is 11.8 Å². The van der Waals surface area contributed by atoms with E-state index in [-0.39, 0.29) is 23.8 Å². The Bertz CT molecular complexity index is 341. The summed E-state index contributed by atoms with van der Waals surface area (Å²) in [5, 5.41) is 0. The van der Waals surface area contributed by atoms with E-state index in [1.807, 2.05) is 6.92 Å². The van der Waals surface area contributed by atoms with Gasteiger partial charge in [0.2, 0.25) is 0 Å². The molecule has 3 heteroatoms. The van der Waals surface area contributed by atoms with Gasteiger partial charge in [-0.15, -0.1) is 0 Å². The number of carbonyl (C=O) groups is 2. The van der Waals surface area contributed by atoms with Crippen molar-refractivity contribution < 1.29 is 14.3 Å². The van der Waals surface area contributed by atoms with Crippen LogP contribution in [0.25, 0.3) is 0 Å². The van der Waals surface area contributed by atoms with Crippen LogP contribution in [0.2, 0.25) is 0 Å². The fourth-order valence-electron chi connectivity index (χ4n) is 2.79. The van der Waals surface area contributed by atoms with E-state index in [1.165, 1.54) is 5.57 Å². The molecule has 2 atom stereocenters. The minimum absolute atomic E-state index is 0.192. The van der Waals surface area contributed by atoms with Crippen molar-refractivity contribution in [3.8, 4) is 0 Å². The number of allylic oxidation sites excluding steroid dienone is 1. The van der Waals surface area contributed by atoms with E-state index in [2.05, 4.69) is 6.92 Å². The van der Waals surface area contributed by atoms with Crippen LogP contribution in [0.4, 0.5) is 0 Å². The van der Waals surface area contributed by atoms with Gasteiger partial charge in [-0.05, 0) is 25.7 Å². The van der Waals surface area contributed by atoms with Gasteiger partial charge in [-0.1, -0.05) is 25.0 Å². The lowest BCUT2D eigenvalue weighted by Crippen LogP contribution is -2.25. The van der Waals surface area contributed by atoms with Crippen molar-refractivity contribution >= 4 is 11.9 Å². The van der Waals surface area contributed by atoms with Gasteiger partial charge in [0.15, 0.2) is 0 Å². The minimum atomic E-state index is -0.326. The van der Waals surface area contributed by atoms with Crippen LogP contribution in [-0.4, -0.2) is 11.9 Å². The summed E-state index contributed by atoms with van der Waals surface area (Å²) in [4.78, 5) is 23.0. The molecule has 3 nitrogen and oxygen atoms in total. The van der Waals surface area contributed by atoms with Gasteiger partial charge in [0, 0.05) is 0 Å². The van der Waals surface area contributed by atoms with Gasteiger partial charge in [0.25, 0.3) is 0 Å². The van der Waals surface area contributed by atoms with Crippen LogP contribution in [0.1, 0.15) is 39.5 Å². The number of hydrogen-bond acceptors (Lipinski definition) is 3. The highest BCUT2D eigenvalue weighted by molar-refractivity contribution is 5.98. The second-order valence-corrected chi connectivity index (χ2v) is 4.20. The number of cyclic esters (lactones) is 2. The lowest BCUT2D eigenvalue weighted by atomic mass is 9.75. The molecule has 0 saturated carbocycles. The van der Waals surface area contributed by atoms with E-state index in [0.29, 0.717) is 0 Å². The first-order valence-electron chi connectivity index (χ1n) is 5.65. The first-order valence-corrected chi connectivity index (χ1v) is 5.65. The lowest BCUT2D eigenvalue weighted by Gasteiger charge is -2.25. The number of fused-ring (bicyclic) bond motifs is 1. The molecule has 15 heavy (non-hydrogen) atoms. The number of rotatable bonds is 2. The maximum atomic E-state index is 11.6. The van der Waals surface area contributed by atoms with Crippen molar-refractivity contribution in [3.63, 3.8) is 0 Å². The van der Waals surface area contributed by atoms with Gasteiger partial charge in [-0.25, -0.2) is 0 Å². The van der Waals surface area contributed by atoms with Crippen molar-refractivity contribution in [1.82, 2.24) is 0 Å². The quantitative estimate of drug-likeness (QED) is 0.397. The highest BCUT2D eigenvalue weighted by atomic mass is 16.6. The Morgan fingerprint density at radius 3 is 2.53 bits per heavy atom. The van der Waals surface area contributed by atoms with Crippen molar-refractivity contribution in [3.05, 3.63) is 11.1 Å². The molecule has 0 aromatic carbocycles. The summed E-state index contributed by atoms with van der Waals surface area (Å²) in [6.45, 7) is 4.15. The zero-order chi connectivity index (χ0) is 11.0. The van der Waals surface area contributed by atoms with Gasteiger partial charge < -0.3 is 4.74 Å². The second kappa shape index (κ2) is 3.80. The van der Waals surface area contributed by atoms with E-state index < -0.39 is 0 Å². The predicted molar refractivity (Wildman–Crippen MR) is 54.9 cm³/mol. The number of hydrogen-bond donors (Lipinski definition) is 0. The summed E-state index contributed by atoms with van der Waals surface area (Å²) in [7, 11) is 0. The maximum absolute atomic E-state index is 11.6. The molecule has 1 saturated heterocycles. The molecule has 82 valence electrons. The zero-order valence-electron chi connectivity index (χ0n) is 9.21. The summed E-state index contributed by atoms with van der Waals surface area (Å²) in [6, 6.07) is 0. The second-order valence-electron chi connectivity index (χ2n) is 4.20. The molecule has 0 radical (unpaired) electrons. The topological polar surface area (TPSA) is 43.4 Å². The molecule has 0 unspecified atom stereocenters. The maximum Gasteiger partial charge on any atom is 0.321 e. The summed E-state index contributed by atoms with van der Waals surface area (Å²) >= 11 is 0. The van der Waals surface area contributed by atoms with Crippen LogP contribution < -0.4 is 0 Å². The van der Waals surface area contributed by atoms with Gasteiger partial charge in [0.1, 0.15) is 0 Å². The third-order valence-electron chi connectivity index (χ3n) is 3.55. The molecular weight excluding hydrogens is 192 g/mol. The predicted octanol–water partition coefficient (Wildman–Crippen LogP) is 2.21. The van der Waals surface area contributed by atoms with Crippen LogP contribution in [0.15, 0.2) is 11.1 Å². The zero-order valence-corrected chi connectivity index (χ0v) is 9.21. The Morgan fingerprint density at radius 1 is 1.20 bits per heavy atom. The number of esters is 2. The summed E-state index contributed by atoms with van der Waals surface area (Å²) in [5.74, 6) is -1.09. The van der Waals surface area contributed by atoms with Crippen LogP contribution in [0.5, 0.6) is 0 Å². The molecule has 1 aliphatic carbocycles. The van der Waals surface area contributed by atoms with E-state index in [4.69, 9.17) is 4.74 Å². The van der Waals surface area contributed by atoms with Crippen LogP contribution in [0, 0.1) is 11.8 Å². The molecule has 2 rings (SSSR count). The largest absolute Gasteiger partial charge is 0.392 e. The molecule has 2 aliphatic rings. The highest BCUT2D eigenvalue weighted by Gasteiger charge is 2.47. The molecule has 1 aliphatic heterocycles. The first kappa shape index (κ1) is 10.4. The average molecular weight is 208 g/mol. The molecule has 0 bridgehead atoms. The third kappa shape index (κ3) is 1.50. The van der Waals surface area contributed by atoms with E-state index in [9.17, 15) is 9.59 Å². The van der Waals surface area contributed by atoms with Crippen LogP contribution in [-0.2, 0) is 14.3 Å². The molecule has 1 fully saturated rings. The molecule has 0 aromatic heterocycles. The Kier molecular flexibility index (Phi) is 2.63. The summed E-state index contributed by atoms with van der Waals surface area (Å²) in [5.41, 5.74) is 2.51. The molecule has 0 spiro atoms. The van der Waals surface area contributed by atoms with E-state index >= 15 is 0 Å². The van der Waals surface area contributed by atoms with Gasteiger partial charge >= 0.3 is 11.9 Å². The standard InChI is InChI=1S/C12H16O3/c1-3-7-5-6-9-10(8(7)4-2)12(14)15-11(9)13/h9-10H,3-6H2,1-2H3/t9-,10+/m0/s1. The van der Waals surface area contributed by atoms with Crippen LogP contribution in [0.3, 0.4) is 0 Å². The minimum Gasteiger partial charge on any atom is -0.392 e. The molecule has 0 N–H and O–H groups in total. The third-order valence-corrected chi connectivity index (χ3v) is 3.55. The molecule has 0 amide bonds. The van der Waals surface area contributed by atoms with Crippen molar-refractivity contribution in [2.75, 3.05) is 0 Å². The van der Waals surface area contributed by atoms with Gasteiger partial charge in [-0.3, -0.25) is 9.59 Å². The Balaban J connectivity index is 2.39. The SMILES string of the molecule is CCC1=C(CC)[C@H]2C(=O)OC(=O)[C@H]2CC1. The average Bonchev–Trinajstić information content (AvgIpc) is 2.53. The number of carbonyl (C=O) groups excluding carboxylic acids is 2. The van der Waals surface area contributed by atoms with Crippen molar-refractivity contribution in [2.24, 2.45) is 11.8 Å². The fraction of sp³-hybridized carbons (Fsp3) is 0.667. The normalized spacial score (nSPS) is 30.5. The molecule has 1 heterocycles. The lowest BCUT2D eigenvalue weighted by molar-refractivity contribution is -0.153.